The van der Waals surface area contributed by atoms with Crippen LogP contribution in [0.4, 0.5) is 0 Å². The Kier molecular flexibility index (Phi) is 10.3. The number of methoxy groups -OCH3 is 2. The molecule has 1 N–H and O–H groups in total. The molecule has 1 atom stereocenters. The van der Waals surface area contributed by atoms with Crippen LogP contribution in [-0.4, -0.2) is 64.4 Å². The van der Waals surface area contributed by atoms with Crippen LogP contribution in [0.15, 0.2) is 0 Å². The van der Waals surface area contributed by atoms with Gasteiger partial charge in [-0.1, -0.05) is 0 Å². The largest absolute Gasteiger partial charge is 0.385 e. The van der Waals surface area contributed by atoms with Crippen molar-refractivity contribution in [3.8, 4) is 0 Å². The third-order valence-electron chi connectivity index (χ3n) is 3.06. The first kappa shape index (κ1) is 17.6. The molecule has 6 heteroatoms. The fourth-order valence-electron chi connectivity index (χ4n) is 2.06. The smallest absolute Gasteiger partial charge is 0.227 e. The molecule has 0 radical (unpaired) electrons. The molecule has 1 saturated heterocycles. The highest BCUT2D eigenvalue weighted by atomic mass is 35.5. The number of nitrogens with one attached hydrogen (secondary N) is 1. The van der Waals surface area contributed by atoms with Gasteiger partial charge in [-0.25, -0.2) is 0 Å². The summed E-state index contributed by atoms with van der Waals surface area (Å²) in [5, 5.41) is 3.23. The second-order valence-corrected chi connectivity index (χ2v) is 4.35. The summed E-state index contributed by atoms with van der Waals surface area (Å²) in [4.78, 5) is 14.1. The molecular formula is C12H25ClN2O3. The first-order chi connectivity index (χ1) is 8.29. The molecule has 0 bridgehead atoms. The first-order valence-electron chi connectivity index (χ1n) is 6.27. The second-order valence-electron chi connectivity index (χ2n) is 4.35. The summed E-state index contributed by atoms with van der Waals surface area (Å²) in [6.45, 7) is 4.49. The van der Waals surface area contributed by atoms with Crippen molar-refractivity contribution in [3.05, 3.63) is 0 Å². The molecule has 0 spiro atoms. The molecule has 1 fully saturated rings. The molecule has 1 amide bonds. The number of carbonyl (C=O) groups is 1. The summed E-state index contributed by atoms with van der Waals surface area (Å²) in [7, 11) is 3.34. The van der Waals surface area contributed by atoms with Crippen LogP contribution in [-0.2, 0) is 14.3 Å². The average Bonchev–Trinajstić information content (AvgIpc) is 2.86. The number of amides is 1. The Balaban J connectivity index is 0.00000289. The van der Waals surface area contributed by atoms with Gasteiger partial charge in [0.25, 0.3) is 0 Å². The topological polar surface area (TPSA) is 50.8 Å². The van der Waals surface area contributed by atoms with Crippen molar-refractivity contribution >= 4 is 18.3 Å². The van der Waals surface area contributed by atoms with Crippen molar-refractivity contribution < 1.29 is 14.3 Å². The van der Waals surface area contributed by atoms with Gasteiger partial charge in [-0.15, -0.1) is 12.4 Å². The third kappa shape index (κ3) is 6.00. The number of nitrogens with zero attached hydrogens (tertiary/aromatic N) is 1. The lowest BCUT2D eigenvalue weighted by Gasteiger charge is -2.25. The van der Waals surface area contributed by atoms with E-state index in [0.29, 0.717) is 19.8 Å². The molecule has 0 aliphatic carbocycles. The van der Waals surface area contributed by atoms with E-state index in [4.69, 9.17) is 9.47 Å². The number of ether oxygens (including phenoxy) is 2. The lowest BCUT2D eigenvalue weighted by Crippen LogP contribution is -2.40. The Bertz CT molecular complexity index is 223. The van der Waals surface area contributed by atoms with Crippen LogP contribution in [0.5, 0.6) is 0 Å². The highest BCUT2D eigenvalue weighted by Crippen LogP contribution is 2.12. The number of halogens is 1. The van der Waals surface area contributed by atoms with Crippen molar-refractivity contribution in [2.75, 3.05) is 53.6 Å². The van der Waals surface area contributed by atoms with Crippen LogP contribution in [0.2, 0.25) is 0 Å². The lowest BCUT2D eigenvalue weighted by molar-refractivity contribution is -0.135. The van der Waals surface area contributed by atoms with Crippen LogP contribution >= 0.6 is 12.4 Å². The molecule has 108 valence electrons. The zero-order chi connectivity index (χ0) is 12.5. The van der Waals surface area contributed by atoms with E-state index in [1.807, 2.05) is 4.90 Å². The zero-order valence-electron chi connectivity index (χ0n) is 11.3. The Hall–Kier alpha value is -0.360. The van der Waals surface area contributed by atoms with Gasteiger partial charge in [0.2, 0.25) is 5.91 Å². The van der Waals surface area contributed by atoms with E-state index in [2.05, 4.69) is 5.32 Å². The van der Waals surface area contributed by atoms with Crippen molar-refractivity contribution in [1.29, 1.82) is 0 Å². The van der Waals surface area contributed by atoms with Crippen molar-refractivity contribution in [1.82, 2.24) is 10.2 Å². The summed E-state index contributed by atoms with van der Waals surface area (Å²) >= 11 is 0. The molecule has 1 aliphatic rings. The highest BCUT2D eigenvalue weighted by Gasteiger charge is 2.26. The van der Waals surface area contributed by atoms with Crippen molar-refractivity contribution in [3.63, 3.8) is 0 Å². The quantitative estimate of drug-likeness (QED) is 0.659. The van der Waals surface area contributed by atoms with Gasteiger partial charge in [0.1, 0.15) is 0 Å². The normalized spacial score (nSPS) is 18.4. The predicted molar refractivity (Wildman–Crippen MR) is 73.2 cm³/mol. The minimum Gasteiger partial charge on any atom is -0.385 e. The molecule has 0 aromatic carbocycles. The summed E-state index contributed by atoms with van der Waals surface area (Å²) in [5.41, 5.74) is 0. The van der Waals surface area contributed by atoms with Crippen LogP contribution < -0.4 is 5.32 Å². The molecule has 0 saturated carbocycles. The van der Waals surface area contributed by atoms with Gasteiger partial charge in [0.15, 0.2) is 0 Å². The van der Waals surface area contributed by atoms with Crippen molar-refractivity contribution in [2.24, 2.45) is 5.92 Å². The van der Waals surface area contributed by atoms with Gasteiger partial charge in [0, 0.05) is 40.5 Å². The maximum Gasteiger partial charge on any atom is 0.227 e. The molecule has 1 unspecified atom stereocenters. The van der Waals surface area contributed by atoms with Crippen LogP contribution in [0, 0.1) is 5.92 Å². The van der Waals surface area contributed by atoms with E-state index >= 15 is 0 Å². The van der Waals surface area contributed by atoms with Crippen molar-refractivity contribution in [2.45, 2.75) is 12.8 Å². The molecular weight excluding hydrogens is 256 g/mol. The predicted octanol–water partition coefficient (Wildman–Crippen LogP) is 0.529. The van der Waals surface area contributed by atoms with E-state index in [0.717, 1.165) is 32.5 Å². The number of hydrogen-bond donors (Lipinski definition) is 1. The molecule has 0 aromatic heterocycles. The van der Waals surface area contributed by atoms with E-state index in [1.165, 1.54) is 0 Å². The molecule has 1 aliphatic heterocycles. The number of hydrogen-bond acceptors (Lipinski definition) is 4. The number of rotatable bonds is 8. The van der Waals surface area contributed by atoms with E-state index in [-0.39, 0.29) is 24.2 Å². The zero-order valence-corrected chi connectivity index (χ0v) is 12.1. The Morgan fingerprint density at radius 2 is 2.00 bits per heavy atom. The maximum atomic E-state index is 12.2. The van der Waals surface area contributed by atoms with E-state index < -0.39 is 0 Å². The van der Waals surface area contributed by atoms with Gasteiger partial charge in [0.05, 0.1) is 12.5 Å². The average molecular weight is 281 g/mol. The summed E-state index contributed by atoms with van der Waals surface area (Å²) in [6.07, 6.45) is 1.83. The Morgan fingerprint density at radius 3 is 2.56 bits per heavy atom. The van der Waals surface area contributed by atoms with Crippen LogP contribution in [0.3, 0.4) is 0 Å². The van der Waals surface area contributed by atoms with Gasteiger partial charge < -0.3 is 19.7 Å². The molecule has 18 heavy (non-hydrogen) atoms. The molecule has 1 heterocycles. The third-order valence-corrected chi connectivity index (χ3v) is 3.06. The minimum absolute atomic E-state index is 0. The maximum absolute atomic E-state index is 12.2. The molecule has 1 rings (SSSR count). The number of carbonyl (C=O) groups excluding carboxylic acids is 1. The highest BCUT2D eigenvalue weighted by molar-refractivity contribution is 5.85. The van der Waals surface area contributed by atoms with Gasteiger partial charge >= 0.3 is 0 Å². The lowest BCUT2D eigenvalue weighted by atomic mass is 10.1. The SMILES string of the molecule is COCCCN(CCOC)C(=O)C1CCNC1.Cl. The Morgan fingerprint density at radius 1 is 1.28 bits per heavy atom. The monoisotopic (exact) mass is 280 g/mol. The fraction of sp³-hybridized carbons (Fsp3) is 0.917. The van der Waals surface area contributed by atoms with E-state index in [9.17, 15) is 4.79 Å². The minimum atomic E-state index is 0. The van der Waals surface area contributed by atoms with E-state index in [1.54, 1.807) is 14.2 Å². The first-order valence-corrected chi connectivity index (χ1v) is 6.27. The fourth-order valence-corrected chi connectivity index (χ4v) is 2.06. The summed E-state index contributed by atoms with van der Waals surface area (Å²) < 4.78 is 10.1. The van der Waals surface area contributed by atoms with Crippen LogP contribution in [0.1, 0.15) is 12.8 Å². The summed E-state index contributed by atoms with van der Waals surface area (Å²) in [6, 6.07) is 0. The van der Waals surface area contributed by atoms with Gasteiger partial charge in [-0.2, -0.15) is 0 Å². The van der Waals surface area contributed by atoms with Gasteiger partial charge in [-0.05, 0) is 19.4 Å². The second kappa shape index (κ2) is 10.6. The molecule has 0 aromatic rings. The van der Waals surface area contributed by atoms with Crippen LogP contribution in [0.25, 0.3) is 0 Å². The Labute approximate surface area is 116 Å². The van der Waals surface area contributed by atoms with Gasteiger partial charge in [-0.3, -0.25) is 4.79 Å². The summed E-state index contributed by atoms with van der Waals surface area (Å²) in [5.74, 6) is 0.401. The standard InChI is InChI=1S/C12H24N2O3.ClH/c1-16-8-3-6-14(7-9-17-2)12(15)11-4-5-13-10-11;/h11,13H,3-10H2,1-2H3;1H. The molecule has 5 nitrogen and oxygen atoms in total.